The van der Waals surface area contributed by atoms with Crippen LogP contribution in [-0.4, -0.2) is 29.0 Å². The summed E-state index contributed by atoms with van der Waals surface area (Å²) in [6.07, 6.45) is 2.03. The molecule has 2 aromatic rings. The van der Waals surface area contributed by atoms with E-state index in [1.165, 1.54) is 6.07 Å². The first-order valence-electron chi connectivity index (χ1n) is 6.21. The molecule has 1 fully saturated rings. The minimum atomic E-state index is -0.445. The van der Waals surface area contributed by atoms with Gasteiger partial charge >= 0.3 is 0 Å². The lowest BCUT2D eigenvalue weighted by Crippen LogP contribution is -2.35. The minimum Gasteiger partial charge on any atom is -0.423 e. The number of hydrogen-bond donors (Lipinski definition) is 1. The Morgan fingerprint density at radius 1 is 1.58 bits per heavy atom. The summed E-state index contributed by atoms with van der Waals surface area (Å²) in [5.41, 5.74) is 6.42. The van der Waals surface area contributed by atoms with Crippen molar-refractivity contribution in [3.63, 3.8) is 0 Å². The monoisotopic (exact) mass is 262 g/mol. The summed E-state index contributed by atoms with van der Waals surface area (Å²) < 4.78 is 5.63. The molecule has 19 heavy (non-hydrogen) atoms. The zero-order valence-electron chi connectivity index (χ0n) is 10.3. The van der Waals surface area contributed by atoms with Gasteiger partial charge in [-0.2, -0.15) is 4.98 Å². The number of nitrogens with zero attached hydrogens (tertiary/aromatic N) is 3. The number of benzene rings is 1. The highest BCUT2D eigenvalue weighted by molar-refractivity contribution is 5.84. The van der Waals surface area contributed by atoms with Crippen molar-refractivity contribution in [2.75, 3.05) is 18.0 Å². The van der Waals surface area contributed by atoms with Gasteiger partial charge in [0.15, 0.2) is 11.1 Å². The molecule has 1 saturated heterocycles. The molecule has 7 heteroatoms. The van der Waals surface area contributed by atoms with Crippen LogP contribution in [0.2, 0.25) is 0 Å². The number of nitrogens with two attached hydrogens (primary N) is 1. The fraction of sp³-hybridized carbons (Fsp3) is 0.417. The molecule has 0 spiro atoms. The number of aromatic nitrogens is 1. The van der Waals surface area contributed by atoms with Crippen molar-refractivity contribution in [2.24, 2.45) is 5.73 Å². The second-order valence-electron chi connectivity index (χ2n) is 4.60. The zero-order chi connectivity index (χ0) is 13.4. The van der Waals surface area contributed by atoms with Crippen LogP contribution in [-0.2, 0) is 0 Å². The van der Waals surface area contributed by atoms with E-state index in [2.05, 4.69) is 4.98 Å². The van der Waals surface area contributed by atoms with Gasteiger partial charge in [0.05, 0.1) is 4.92 Å². The summed E-state index contributed by atoms with van der Waals surface area (Å²) >= 11 is 0. The van der Waals surface area contributed by atoms with Crippen LogP contribution in [0.1, 0.15) is 12.8 Å². The third kappa shape index (κ3) is 1.91. The first-order chi connectivity index (χ1) is 9.20. The molecule has 1 aromatic heterocycles. The fourth-order valence-electron chi connectivity index (χ4n) is 2.53. The van der Waals surface area contributed by atoms with Crippen LogP contribution in [0.3, 0.4) is 0 Å². The molecular weight excluding hydrogens is 248 g/mol. The molecule has 2 N–H and O–H groups in total. The van der Waals surface area contributed by atoms with E-state index in [4.69, 9.17) is 10.2 Å². The van der Waals surface area contributed by atoms with E-state index >= 15 is 0 Å². The molecule has 7 nitrogen and oxygen atoms in total. The lowest BCUT2D eigenvalue weighted by Gasteiger charge is -2.20. The summed E-state index contributed by atoms with van der Waals surface area (Å²) in [6, 6.07) is 5.34. The topological polar surface area (TPSA) is 98.4 Å². The van der Waals surface area contributed by atoms with Crippen LogP contribution in [0.4, 0.5) is 11.7 Å². The number of nitro benzene ring substituents is 1. The predicted octanol–water partition coefficient (Wildman–Crippen LogP) is 1.66. The average molecular weight is 262 g/mol. The number of rotatable bonds is 3. The van der Waals surface area contributed by atoms with E-state index in [0.29, 0.717) is 23.7 Å². The molecule has 1 unspecified atom stereocenters. The zero-order valence-corrected chi connectivity index (χ0v) is 10.3. The molecule has 0 saturated carbocycles. The lowest BCUT2D eigenvalue weighted by molar-refractivity contribution is -0.383. The Hall–Kier alpha value is -2.15. The van der Waals surface area contributed by atoms with E-state index in [0.717, 1.165) is 19.4 Å². The smallest absolute Gasteiger partial charge is 0.298 e. The minimum absolute atomic E-state index is 0.0315. The van der Waals surface area contributed by atoms with Crippen molar-refractivity contribution in [1.29, 1.82) is 0 Å². The molecule has 1 atom stereocenters. The maximum absolute atomic E-state index is 11.0. The molecule has 1 aliphatic heterocycles. The summed E-state index contributed by atoms with van der Waals surface area (Å²) in [5, 5.41) is 11.0. The SMILES string of the molecule is NCC1CCCN1c1nc2c([N+](=O)[O-])cccc2o1. The first kappa shape index (κ1) is 11.9. The van der Waals surface area contributed by atoms with Crippen LogP contribution >= 0.6 is 0 Å². The van der Waals surface area contributed by atoms with E-state index in [-0.39, 0.29) is 11.7 Å². The fourth-order valence-corrected chi connectivity index (χ4v) is 2.53. The molecule has 0 amide bonds. The highest BCUT2D eigenvalue weighted by Crippen LogP contribution is 2.31. The molecular formula is C12H14N4O3. The van der Waals surface area contributed by atoms with Crippen molar-refractivity contribution in [1.82, 2.24) is 4.98 Å². The molecule has 2 heterocycles. The Morgan fingerprint density at radius 2 is 2.42 bits per heavy atom. The van der Waals surface area contributed by atoms with Crippen molar-refractivity contribution < 1.29 is 9.34 Å². The van der Waals surface area contributed by atoms with Crippen molar-refractivity contribution in [3.8, 4) is 0 Å². The van der Waals surface area contributed by atoms with Crippen molar-refractivity contribution >= 4 is 22.8 Å². The maximum Gasteiger partial charge on any atom is 0.298 e. The Bertz CT molecular complexity index is 624. The number of hydrogen-bond acceptors (Lipinski definition) is 6. The molecule has 0 aliphatic carbocycles. The van der Waals surface area contributed by atoms with Gasteiger partial charge in [0.2, 0.25) is 0 Å². The lowest BCUT2D eigenvalue weighted by atomic mass is 10.2. The largest absolute Gasteiger partial charge is 0.423 e. The second kappa shape index (κ2) is 4.51. The predicted molar refractivity (Wildman–Crippen MR) is 70.1 cm³/mol. The summed E-state index contributed by atoms with van der Waals surface area (Å²) in [7, 11) is 0. The number of oxazole rings is 1. The van der Waals surface area contributed by atoms with E-state index in [9.17, 15) is 10.1 Å². The molecule has 3 rings (SSSR count). The van der Waals surface area contributed by atoms with Crippen LogP contribution in [0.5, 0.6) is 0 Å². The number of fused-ring (bicyclic) bond motifs is 1. The van der Waals surface area contributed by atoms with Gasteiger partial charge in [-0.05, 0) is 18.9 Å². The number of nitro groups is 1. The van der Waals surface area contributed by atoms with Gasteiger partial charge in [0.1, 0.15) is 0 Å². The molecule has 0 bridgehead atoms. The third-order valence-corrected chi connectivity index (χ3v) is 3.48. The average Bonchev–Trinajstić information content (AvgIpc) is 3.03. The second-order valence-corrected chi connectivity index (χ2v) is 4.60. The van der Waals surface area contributed by atoms with Gasteiger partial charge in [-0.1, -0.05) is 6.07 Å². The Kier molecular flexibility index (Phi) is 2.83. The van der Waals surface area contributed by atoms with E-state index < -0.39 is 4.92 Å². The molecule has 100 valence electrons. The number of non-ortho nitro benzene ring substituents is 1. The molecule has 1 aliphatic rings. The van der Waals surface area contributed by atoms with Gasteiger partial charge in [0.25, 0.3) is 11.7 Å². The molecule has 1 aromatic carbocycles. The van der Waals surface area contributed by atoms with Crippen LogP contribution in [0.25, 0.3) is 11.1 Å². The van der Waals surface area contributed by atoms with Crippen LogP contribution in [0.15, 0.2) is 22.6 Å². The number of para-hydroxylation sites is 1. The van der Waals surface area contributed by atoms with E-state index in [1.807, 2.05) is 4.90 Å². The van der Waals surface area contributed by atoms with Gasteiger partial charge in [-0.3, -0.25) is 10.1 Å². The highest BCUT2D eigenvalue weighted by Gasteiger charge is 2.28. The van der Waals surface area contributed by atoms with Crippen LogP contribution < -0.4 is 10.6 Å². The Balaban J connectivity index is 2.06. The summed E-state index contributed by atoms with van der Waals surface area (Å²) in [6.45, 7) is 1.35. The maximum atomic E-state index is 11.0. The van der Waals surface area contributed by atoms with Crippen molar-refractivity contribution in [3.05, 3.63) is 28.3 Å². The highest BCUT2D eigenvalue weighted by atomic mass is 16.6. The standard InChI is InChI=1S/C12H14N4O3/c13-7-8-3-2-6-15(8)12-14-11-9(16(17)18)4-1-5-10(11)19-12/h1,4-5,8H,2-3,6-7,13H2. The van der Waals surface area contributed by atoms with E-state index in [1.54, 1.807) is 12.1 Å². The van der Waals surface area contributed by atoms with Crippen molar-refractivity contribution in [2.45, 2.75) is 18.9 Å². The molecule has 0 radical (unpaired) electrons. The summed E-state index contributed by atoms with van der Waals surface area (Å²) in [5.74, 6) is 0. The Morgan fingerprint density at radius 3 is 3.16 bits per heavy atom. The number of anilines is 1. The van der Waals surface area contributed by atoms with Gasteiger partial charge < -0.3 is 15.1 Å². The Labute approximate surface area is 109 Å². The van der Waals surface area contributed by atoms with Gasteiger partial charge in [-0.25, -0.2) is 0 Å². The quantitative estimate of drug-likeness (QED) is 0.667. The summed E-state index contributed by atoms with van der Waals surface area (Å²) in [4.78, 5) is 16.8. The normalized spacial score (nSPS) is 19.2. The van der Waals surface area contributed by atoms with Gasteiger partial charge in [-0.15, -0.1) is 0 Å². The first-order valence-corrected chi connectivity index (χ1v) is 6.21. The van der Waals surface area contributed by atoms with Gasteiger partial charge in [0, 0.05) is 25.2 Å². The third-order valence-electron chi connectivity index (χ3n) is 3.48. The van der Waals surface area contributed by atoms with Crippen LogP contribution in [0, 0.1) is 10.1 Å².